The van der Waals surface area contributed by atoms with Crippen LogP contribution in [-0.2, 0) is 4.79 Å². The summed E-state index contributed by atoms with van der Waals surface area (Å²) < 4.78 is 2.30. The molecule has 1 amide bonds. The lowest BCUT2D eigenvalue weighted by Crippen LogP contribution is -2.35. The monoisotopic (exact) mass is 308 g/mol. The lowest BCUT2D eigenvalue weighted by Gasteiger charge is -2.27. The van der Waals surface area contributed by atoms with Crippen LogP contribution in [-0.4, -0.2) is 38.0 Å². The number of amides is 1. The van der Waals surface area contributed by atoms with Gasteiger partial charge in [-0.3, -0.25) is 4.79 Å². The first-order valence-corrected chi connectivity index (χ1v) is 9.06. The van der Waals surface area contributed by atoms with Crippen molar-refractivity contribution in [3.63, 3.8) is 0 Å². The van der Waals surface area contributed by atoms with Crippen LogP contribution < -0.4 is 0 Å². The van der Waals surface area contributed by atoms with Gasteiger partial charge in [0, 0.05) is 19.0 Å². The minimum Gasteiger partial charge on any atom is -0.333 e. The fourth-order valence-corrected chi connectivity index (χ4v) is 4.41. The number of aryl methyl sites for hydroxylation is 1. The maximum absolute atomic E-state index is 11.9. The standard InChI is InChI=1S/C15H24N4OS/c1-12-16-17-15(19(12)13-7-3-2-4-8-13)21-11-18-10-6-5-9-14(18)20/h13H,2-11H2,1H3. The van der Waals surface area contributed by atoms with Crippen molar-refractivity contribution in [1.82, 2.24) is 19.7 Å². The summed E-state index contributed by atoms with van der Waals surface area (Å²) in [5.41, 5.74) is 0. The number of hydrogen-bond donors (Lipinski definition) is 0. The minimum absolute atomic E-state index is 0.286. The summed E-state index contributed by atoms with van der Waals surface area (Å²) in [7, 11) is 0. The molecule has 1 aromatic heterocycles. The third-order valence-electron chi connectivity index (χ3n) is 4.55. The molecule has 2 fully saturated rings. The topological polar surface area (TPSA) is 51.0 Å². The van der Waals surface area contributed by atoms with E-state index in [2.05, 4.69) is 14.8 Å². The highest BCUT2D eigenvalue weighted by Gasteiger charge is 2.23. The number of piperidine rings is 1. The Morgan fingerprint density at radius 3 is 2.71 bits per heavy atom. The Kier molecular flexibility index (Phi) is 4.83. The summed E-state index contributed by atoms with van der Waals surface area (Å²) in [5.74, 6) is 2.01. The maximum atomic E-state index is 11.9. The molecular formula is C15H24N4OS. The van der Waals surface area contributed by atoms with Crippen LogP contribution in [0.15, 0.2) is 5.16 Å². The zero-order valence-corrected chi connectivity index (χ0v) is 13.6. The van der Waals surface area contributed by atoms with Crippen molar-refractivity contribution in [3.05, 3.63) is 5.82 Å². The highest BCUT2D eigenvalue weighted by Crippen LogP contribution is 2.32. The predicted molar refractivity (Wildman–Crippen MR) is 83.2 cm³/mol. The SMILES string of the molecule is Cc1nnc(SCN2CCCCC2=O)n1C1CCCCC1. The van der Waals surface area contributed by atoms with E-state index in [1.165, 1.54) is 32.1 Å². The molecule has 116 valence electrons. The molecule has 1 saturated carbocycles. The van der Waals surface area contributed by atoms with Crippen molar-refractivity contribution in [2.75, 3.05) is 12.4 Å². The van der Waals surface area contributed by atoms with Gasteiger partial charge < -0.3 is 9.47 Å². The Labute approximate surface area is 130 Å². The Balaban J connectivity index is 1.66. The van der Waals surface area contributed by atoms with Gasteiger partial charge in [-0.15, -0.1) is 10.2 Å². The third kappa shape index (κ3) is 3.42. The summed E-state index contributed by atoms with van der Waals surface area (Å²) >= 11 is 1.67. The molecule has 2 heterocycles. The van der Waals surface area contributed by atoms with Crippen LogP contribution in [0.25, 0.3) is 0 Å². The molecular weight excluding hydrogens is 284 g/mol. The van der Waals surface area contributed by atoms with E-state index in [1.807, 2.05) is 11.8 Å². The van der Waals surface area contributed by atoms with E-state index in [9.17, 15) is 4.79 Å². The Morgan fingerprint density at radius 2 is 1.95 bits per heavy atom. The smallest absolute Gasteiger partial charge is 0.223 e. The van der Waals surface area contributed by atoms with E-state index in [-0.39, 0.29) is 5.91 Å². The predicted octanol–water partition coefficient (Wildman–Crippen LogP) is 3.15. The van der Waals surface area contributed by atoms with Gasteiger partial charge in [0.25, 0.3) is 0 Å². The molecule has 0 unspecified atom stereocenters. The molecule has 21 heavy (non-hydrogen) atoms. The lowest BCUT2D eigenvalue weighted by molar-refractivity contribution is -0.132. The second-order valence-corrected chi connectivity index (χ2v) is 6.99. The first kappa shape index (κ1) is 14.9. The molecule has 6 heteroatoms. The van der Waals surface area contributed by atoms with Crippen LogP contribution in [0.5, 0.6) is 0 Å². The Hall–Kier alpha value is -1.04. The molecule has 1 aromatic rings. The summed E-state index contributed by atoms with van der Waals surface area (Å²) in [6, 6.07) is 0.549. The van der Waals surface area contributed by atoms with Crippen LogP contribution in [0.1, 0.15) is 63.2 Å². The molecule has 2 aliphatic rings. The van der Waals surface area contributed by atoms with Crippen molar-refractivity contribution >= 4 is 17.7 Å². The largest absolute Gasteiger partial charge is 0.333 e. The summed E-state index contributed by atoms with van der Waals surface area (Å²) in [6.07, 6.45) is 9.29. The molecule has 0 bridgehead atoms. The van der Waals surface area contributed by atoms with Crippen molar-refractivity contribution < 1.29 is 4.79 Å². The highest BCUT2D eigenvalue weighted by atomic mass is 32.2. The average Bonchev–Trinajstić information content (AvgIpc) is 2.88. The van der Waals surface area contributed by atoms with E-state index in [0.717, 1.165) is 30.4 Å². The van der Waals surface area contributed by atoms with Gasteiger partial charge in [-0.25, -0.2) is 0 Å². The molecule has 0 atom stereocenters. The number of carbonyl (C=O) groups excluding carboxylic acids is 1. The number of thioether (sulfide) groups is 1. The normalized spacial score (nSPS) is 21.0. The van der Waals surface area contributed by atoms with Gasteiger partial charge in [0.2, 0.25) is 5.91 Å². The van der Waals surface area contributed by atoms with E-state index in [0.29, 0.717) is 18.3 Å². The van der Waals surface area contributed by atoms with Gasteiger partial charge >= 0.3 is 0 Å². The second kappa shape index (κ2) is 6.81. The highest BCUT2D eigenvalue weighted by molar-refractivity contribution is 7.99. The van der Waals surface area contributed by atoms with E-state index >= 15 is 0 Å². The van der Waals surface area contributed by atoms with Crippen LogP contribution in [0.3, 0.4) is 0 Å². The van der Waals surface area contributed by atoms with Crippen LogP contribution in [0.4, 0.5) is 0 Å². The van der Waals surface area contributed by atoms with Gasteiger partial charge in [0.1, 0.15) is 5.82 Å². The Bertz CT molecular complexity index is 496. The van der Waals surface area contributed by atoms with Crippen LogP contribution >= 0.6 is 11.8 Å². The van der Waals surface area contributed by atoms with Crippen molar-refractivity contribution in [1.29, 1.82) is 0 Å². The number of hydrogen-bond acceptors (Lipinski definition) is 4. The van der Waals surface area contributed by atoms with Gasteiger partial charge in [-0.2, -0.15) is 0 Å². The summed E-state index contributed by atoms with van der Waals surface area (Å²) in [5, 5.41) is 9.59. The molecule has 0 N–H and O–H groups in total. The maximum Gasteiger partial charge on any atom is 0.223 e. The van der Waals surface area contributed by atoms with Gasteiger partial charge in [-0.1, -0.05) is 31.0 Å². The average molecular weight is 308 g/mol. The van der Waals surface area contributed by atoms with E-state index in [4.69, 9.17) is 0 Å². The van der Waals surface area contributed by atoms with Crippen LogP contribution in [0.2, 0.25) is 0 Å². The number of rotatable bonds is 4. The molecule has 3 rings (SSSR count). The van der Waals surface area contributed by atoms with Gasteiger partial charge in [-0.05, 0) is 32.6 Å². The van der Waals surface area contributed by atoms with E-state index in [1.54, 1.807) is 11.8 Å². The van der Waals surface area contributed by atoms with Gasteiger partial charge in [0.15, 0.2) is 5.16 Å². The molecule has 1 aliphatic carbocycles. The molecule has 0 aromatic carbocycles. The molecule has 1 aliphatic heterocycles. The third-order valence-corrected chi connectivity index (χ3v) is 5.52. The van der Waals surface area contributed by atoms with Crippen LogP contribution in [0, 0.1) is 6.92 Å². The minimum atomic E-state index is 0.286. The van der Waals surface area contributed by atoms with Crippen molar-refractivity contribution in [3.8, 4) is 0 Å². The zero-order chi connectivity index (χ0) is 14.7. The molecule has 5 nitrogen and oxygen atoms in total. The molecule has 1 saturated heterocycles. The molecule has 0 spiro atoms. The number of likely N-dealkylation sites (tertiary alicyclic amines) is 1. The van der Waals surface area contributed by atoms with Crippen molar-refractivity contribution in [2.45, 2.75) is 69.5 Å². The summed E-state index contributed by atoms with van der Waals surface area (Å²) in [4.78, 5) is 13.8. The quantitative estimate of drug-likeness (QED) is 0.802. The second-order valence-electron chi connectivity index (χ2n) is 6.08. The number of nitrogens with zero attached hydrogens (tertiary/aromatic N) is 4. The number of aromatic nitrogens is 3. The van der Waals surface area contributed by atoms with Crippen molar-refractivity contribution in [2.24, 2.45) is 0 Å². The summed E-state index contributed by atoms with van der Waals surface area (Å²) in [6.45, 7) is 2.93. The van der Waals surface area contributed by atoms with Gasteiger partial charge in [0.05, 0.1) is 5.88 Å². The fourth-order valence-electron chi connectivity index (χ4n) is 3.34. The number of carbonyl (C=O) groups is 1. The first-order valence-electron chi connectivity index (χ1n) is 8.08. The first-order chi connectivity index (χ1) is 10.3. The lowest BCUT2D eigenvalue weighted by atomic mass is 9.95. The molecule has 0 radical (unpaired) electrons. The zero-order valence-electron chi connectivity index (χ0n) is 12.8. The van der Waals surface area contributed by atoms with E-state index < -0.39 is 0 Å². The fraction of sp³-hybridized carbons (Fsp3) is 0.800. The Morgan fingerprint density at radius 1 is 1.14 bits per heavy atom.